The molecule has 2 unspecified atom stereocenters. The summed E-state index contributed by atoms with van der Waals surface area (Å²) in [4.78, 5) is 0. The van der Waals surface area contributed by atoms with Crippen molar-refractivity contribution in [2.24, 2.45) is 5.73 Å². The lowest BCUT2D eigenvalue weighted by Gasteiger charge is -2.30. The minimum atomic E-state index is -0.188. The normalized spacial score (nSPS) is 18.9. The van der Waals surface area contributed by atoms with Crippen LogP contribution >= 0.6 is 0 Å². The van der Waals surface area contributed by atoms with Crippen molar-refractivity contribution in [2.45, 2.75) is 25.5 Å². The fourth-order valence-electron chi connectivity index (χ4n) is 2.88. The zero-order valence-electron chi connectivity index (χ0n) is 12.3. The molecule has 3 heteroatoms. The first-order chi connectivity index (χ1) is 10.3. The molecule has 2 aromatic carbocycles. The molecule has 2 aromatic rings. The average molecular weight is 283 g/mol. The molecule has 2 N–H and O–H groups in total. The van der Waals surface area contributed by atoms with Crippen molar-refractivity contribution in [1.82, 2.24) is 0 Å². The second kappa shape index (κ2) is 6.29. The van der Waals surface area contributed by atoms with Crippen LogP contribution in [0.25, 0.3) is 0 Å². The summed E-state index contributed by atoms with van der Waals surface area (Å²) in [5.41, 5.74) is 10.1. The van der Waals surface area contributed by atoms with Crippen LogP contribution in [0.2, 0.25) is 0 Å². The molecule has 110 valence electrons. The molecule has 0 saturated heterocycles. The lowest BCUT2D eigenvalue weighted by atomic mass is 9.90. The molecule has 21 heavy (non-hydrogen) atoms. The molecule has 3 nitrogen and oxygen atoms in total. The van der Waals surface area contributed by atoms with E-state index in [1.807, 2.05) is 37.3 Å². The lowest BCUT2D eigenvalue weighted by molar-refractivity contribution is 0.0241. The summed E-state index contributed by atoms with van der Waals surface area (Å²) in [6.07, 6.45) is 0.866. The molecule has 0 saturated carbocycles. The van der Waals surface area contributed by atoms with Crippen molar-refractivity contribution in [3.05, 3.63) is 65.2 Å². The zero-order valence-corrected chi connectivity index (χ0v) is 12.3. The molecule has 1 heterocycles. The Balaban J connectivity index is 1.89. The molecule has 0 aliphatic carbocycles. The first kappa shape index (κ1) is 14.1. The Morgan fingerprint density at radius 3 is 2.95 bits per heavy atom. The highest BCUT2D eigenvalue weighted by Crippen LogP contribution is 2.36. The van der Waals surface area contributed by atoms with Crippen LogP contribution in [-0.4, -0.2) is 13.2 Å². The van der Waals surface area contributed by atoms with Crippen LogP contribution in [0.5, 0.6) is 5.75 Å². The SMILES string of the molecule is CCOc1cccc(C(N)C2OCCc3ccccc32)c1. The van der Waals surface area contributed by atoms with Crippen molar-refractivity contribution < 1.29 is 9.47 Å². The molecule has 0 bridgehead atoms. The maximum Gasteiger partial charge on any atom is 0.119 e. The third-order valence-electron chi connectivity index (χ3n) is 3.91. The standard InChI is InChI=1S/C18H21NO2/c1-2-20-15-8-5-7-14(12-15)17(19)18-16-9-4-3-6-13(16)10-11-21-18/h3-9,12,17-18H,2,10-11,19H2,1H3. The van der Waals surface area contributed by atoms with E-state index in [2.05, 4.69) is 18.2 Å². The number of benzene rings is 2. The molecule has 3 rings (SSSR count). The van der Waals surface area contributed by atoms with Gasteiger partial charge < -0.3 is 15.2 Å². The highest BCUT2D eigenvalue weighted by molar-refractivity contribution is 5.36. The van der Waals surface area contributed by atoms with Gasteiger partial charge in [0.2, 0.25) is 0 Å². The van der Waals surface area contributed by atoms with Crippen molar-refractivity contribution in [3.63, 3.8) is 0 Å². The molecule has 1 aliphatic heterocycles. The smallest absolute Gasteiger partial charge is 0.119 e. The molecular weight excluding hydrogens is 262 g/mol. The highest BCUT2D eigenvalue weighted by Gasteiger charge is 2.27. The average Bonchev–Trinajstić information content (AvgIpc) is 2.54. The molecule has 0 aromatic heterocycles. The second-order valence-corrected chi connectivity index (χ2v) is 5.27. The van der Waals surface area contributed by atoms with E-state index >= 15 is 0 Å². The van der Waals surface area contributed by atoms with Gasteiger partial charge in [-0.25, -0.2) is 0 Å². The summed E-state index contributed by atoms with van der Waals surface area (Å²) >= 11 is 0. The first-order valence-electron chi connectivity index (χ1n) is 7.47. The molecule has 1 aliphatic rings. The van der Waals surface area contributed by atoms with Gasteiger partial charge in [0.05, 0.1) is 19.3 Å². The van der Waals surface area contributed by atoms with Gasteiger partial charge in [-0.1, -0.05) is 36.4 Å². The van der Waals surface area contributed by atoms with E-state index in [0.717, 1.165) is 24.3 Å². The molecule has 0 spiro atoms. The summed E-state index contributed by atoms with van der Waals surface area (Å²) in [6, 6.07) is 16.2. The minimum absolute atomic E-state index is 0.0909. The summed E-state index contributed by atoms with van der Waals surface area (Å²) < 4.78 is 11.5. The van der Waals surface area contributed by atoms with Crippen molar-refractivity contribution >= 4 is 0 Å². The van der Waals surface area contributed by atoms with Gasteiger partial charge in [0.25, 0.3) is 0 Å². The number of hydrogen-bond acceptors (Lipinski definition) is 3. The number of fused-ring (bicyclic) bond motifs is 1. The lowest BCUT2D eigenvalue weighted by Crippen LogP contribution is -2.27. The summed E-state index contributed by atoms with van der Waals surface area (Å²) in [7, 11) is 0. The van der Waals surface area contributed by atoms with E-state index in [0.29, 0.717) is 6.61 Å². The highest BCUT2D eigenvalue weighted by atomic mass is 16.5. The molecule has 0 amide bonds. The predicted molar refractivity (Wildman–Crippen MR) is 83.4 cm³/mol. The molecular formula is C18H21NO2. The third kappa shape index (κ3) is 2.94. The molecule has 2 atom stereocenters. The Morgan fingerprint density at radius 2 is 2.10 bits per heavy atom. The quantitative estimate of drug-likeness (QED) is 0.935. The summed E-state index contributed by atoms with van der Waals surface area (Å²) in [5, 5.41) is 0. The van der Waals surface area contributed by atoms with Gasteiger partial charge in [-0.3, -0.25) is 0 Å². The maximum absolute atomic E-state index is 6.47. The topological polar surface area (TPSA) is 44.5 Å². The summed E-state index contributed by atoms with van der Waals surface area (Å²) in [6.45, 7) is 3.36. The van der Waals surface area contributed by atoms with Gasteiger partial charge in [-0.05, 0) is 42.2 Å². The molecule has 0 fully saturated rings. The van der Waals surface area contributed by atoms with E-state index in [1.54, 1.807) is 0 Å². The van der Waals surface area contributed by atoms with Gasteiger partial charge in [-0.15, -0.1) is 0 Å². The van der Waals surface area contributed by atoms with Gasteiger partial charge in [0, 0.05) is 0 Å². The number of ether oxygens (including phenoxy) is 2. The first-order valence-corrected chi connectivity index (χ1v) is 7.47. The molecule has 0 radical (unpaired) electrons. The second-order valence-electron chi connectivity index (χ2n) is 5.27. The van der Waals surface area contributed by atoms with E-state index in [1.165, 1.54) is 11.1 Å². The number of rotatable bonds is 4. The van der Waals surface area contributed by atoms with Gasteiger partial charge >= 0.3 is 0 Å². The van der Waals surface area contributed by atoms with Crippen molar-refractivity contribution in [2.75, 3.05) is 13.2 Å². The van der Waals surface area contributed by atoms with Crippen LogP contribution in [0.4, 0.5) is 0 Å². The predicted octanol–water partition coefficient (Wildman–Crippen LogP) is 3.40. The fourth-order valence-corrected chi connectivity index (χ4v) is 2.88. The monoisotopic (exact) mass is 283 g/mol. The Bertz CT molecular complexity index is 612. The zero-order chi connectivity index (χ0) is 14.7. The van der Waals surface area contributed by atoms with E-state index in [9.17, 15) is 0 Å². The minimum Gasteiger partial charge on any atom is -0.494 e. The van der Waals surface area contributed by atoms with Gasteiger partial charge in [0.15, 0.2) is 0 Å². The van der Waals surface area contributed by atoms with Crippen LogP contribution in [0.3, 0.4) is 0 Å². The Hall–Kier alpha value is -1.84. The van der Waals surface area contributed by atoms with Gasteiger partial charge in [0.1, 0.15) is 11.9 Å². The number of hydrogen-bond donors (Lipinski definition) is 1. The maximum atomic E-state index is 6.47. The fraction of sp³-hybridized carbons (Fsp3) is 0.333. The summed E-state index contributed by atoms with van der Waals surface area (Å²) in [5.74, 6) is 0.856. The Morgan fingerprint density at radius 1 is 1.24 bits per heavy atom. The van der Waals surface area contributed by atoms with Crippen LogP contribution in [0, 0.1) is 0 Å². The van der Waals surface area contributed by atoms with Crippen molar-refractivity contribution in [1.29, 1.82) is 0 Å². The largest absolute Gasteiger partial charge is 0.494 e. The van der Waals surface area contributed by atoms with Crippen molar-refractivity contribution in [3.8, 4) is 5.75 Å². The Labute approximate surface area is 125 Å². The number of nitrogens with two attached hydrogens (primary N) is 1. The van der Waals surface area contributed by atoms with E-state index in [4.69, 9.17) is 15.2 Å². The van der Waals surface area contributed by atoms with Gasteiger partial charge in [-0.2, -0.15) is 0 Å². The third-order valence-corrected chi connectivity index (χ3v) is 3.91. The Kier molecular flexibility index (Phi) is 4.23. The van der Waals surface area contributed by atoms with E-state index < -0.39 is 0 Å². The van der Waals surface area contributed by atoms with Crippen LogP contribution < -0.4 is 10.5 Å². The van der Waals surface area contributed by atoms with Crippen LogP contribution in [0.1, 0.15) is 35.8 Å². The van der Waals surface area contributed by atoms with E-state index in [-0.39, 0.29) is 12.1 Å². The van der Waals surface area contributed by atoms with Crippen LogP contribution in [0.15, 0.2) is 48.5 Å². The van der Waals surface area contributed by atoms with Crippen LogP contribution in [-0.2, 0) is 11.2 Å².